The zero-order valence-corrected chi connectivity index (χ0v) is 15.8. The summed E-state index contributed by atoms with van der Waals surface area (Å²) in [4.78, 5) is 4.49. The summed E-state index contributed by atoms with van der Waals surface area (Å²) in [7, 11) is 1.66. The van der Waals surface area contributed by atoms with Crippen molar-refractivity contribution in [3.63, 3.8) is 0 Å². The van der Waals surface area contributed by atoms with Gasteiger partial charge in [-0.1, -0.05) is 15.9 Å². The van der Waals surface area contributed by atoms with Gasteiger partial charge in [0.05, 0.1) is 25.0 Å². The Labute approximate surface area is 143 Å². The van der Waals surface area contributed by atoms with E-state index in [0.717, 1.165) is 36.2 Å². The minimum atomic E-state index is 0.622. The normalized spacial score (nSPS) is 10.4. The van der Waals surface area contributed by atoms with E-state index in [1.807, 2.05) is 31.2 Å². The Hall–Kier alpha value is -0.590. The highest BCUT2D eigenvalue weighted by Crippen LogP contribution is 2.34. The van der Waals surface area contributed by atoms with Crippen molar-refractivity contribution in [3.05, 3.63) is 49.1 Å². The molecule has 3 nitrogen and oxygen atoms in total. The fourth-order valence-corrected chi connectivity index (χ4v) is 4.34. The van der Waals surface area contributed by atoms with Gasteiger partial charge in [-0.25, -0.2) is 0 Å². The van der Waals surface area contributed by atoms with E-state index in [0.29, 0.717) is 6.54 Å². The molecule has 0 aliphatic rings. The average molecular weight is 465 g/mol. The zero-order chi connectivity index (χ0) is 14.7. The predicted octanol–water partition coefficient (Wildman–Crippen LogP) is 5.30. The van der Waals surface area contributed by atoms with Crippen LogP contribution < -0.4 is 10.1 Å². The number of nitrogens with zero attached hydrogens (tertiary/aromatic N) is 1. The van der Waals surface area contributed by atoms with Crippen molar-refractivity contribution in [1.82, 2.24) is 4.98 Å². The van der Waals surface area contributed by atoms with Gasteiger partial charge >= 0.3 is 0 Å². The number of rotatable bonds is 4. The number of anilines is 1. The molecule has 0 bridgehead atoms. The Morgan fingerprint density at radius 1 is 1.10 bits per heavy atom. The summed E-state index contributed by atoms with van der Waals surface area (Å²) in [5, 5.41) is 3.37. The topological polar surface area (TPSA) is 34.1 Å². The second-order valence-corrected chi connectivity index (χ2v) is 6.86. The van der Waals surface area contributed by atoms with E-state index in [1.165, 1.54) is 0 Å². The molecule has 0 unspecified atom stereocenters. The van der Waals surface area contributed by atoms with Gasteiger partial charge < -0.3 is 10.1 Å². The van der Waals surface area contributed by atoms with Gasteiger partial charge in [0, 0.05) is 31.2 Å². The molecule has 106 valence electrons. The van der Waals surface area contributed by atoms with Crippen molar-refractivity contribution in [2.75, 3.05) is 12.4 Å². The van der Waals surface area contributed by atoms with E-state index >= 15 is 0 Å². The van der Waals surface area contributed by atoms with E-state index in [-0.39, 0.29) is 0 Å². The van der Waals surface area contributed by atoms with Crippen LogP contribution in [0, 0.1) is 6.92 Å². The van der Waals surface area contributed by atoms with Gasteiger partial charge in [-0.3, -0.25) is 4.98 Å². The minimum Gasteiger partial charge on any atom is -0.497 e. The number of methoxy groups -OCH3 is 1. The lowest BCUT2D eigenvalue weighted by Gasteiger charge is -2.12. The van der Waals surface area contributed by atoms with Gasteiger partial charge in [-0.2, -0.15) is 0 Å². The molecule has 6 heteroatoms. The second-order valence-electron chi connectivity index (χ2n) is 4.24. The molecule has 20 heavy (non-hydrogen) atoms. The number of aryl methyl sites for hydroxylation is 1. The standard InChI is InChI=1S/C14H13Br3N2O/c1-8-3-11(20-2)6-10(19-8)7-18-14-12(16)4-9(15)5-13(14)17/h3-6,18H,7H2,1-2H3. The van der Waals surface area contributed by atoms with Crippen LogP contribution in [0.25, 0.3) is 0 Å². The molecule has 0 amide bonds. The first-order valence-electron chi connectivity index (χ1n) is 5.89. The highest BCUT2D eigenvalue weighted by molar-refractivity contribution is 9.11. The van der Waals surface area contributed by atoms with Gasteiger partial charge in [0.1, 0.15) is 5.75 Å². The molecule has 0 fully saturated rings. The van der Waals surface area contributed by atoms with Crippen LogP contribution in [-0.2, 0) is 6.54 Å². The summed E-state index contributed by atoms with van der Waals surface area (Å²) in [6.45, 7) is 2.58. The molecule has 1 aromatic heterocycles. The lowest BCUT2D eigenvalue weighted by molar-refractivity contribution is 0.413. The van der Waals surface area contributed by atoms with E-state index in [4.69, 9.17) is 4.74 Å². The van der Waals surface area contributed by atoms with Gasteiger partial charge in [0.15, 0.2) is 0 Å². The van der Waals surface area contributed by atoms with E-state index < -0.39 is 0 Å². The van der Waals surface area contributed by atoms with Crippen LogP contribution in [0.1, 0.15) is 11.4 Å². The number of hydrogen-bond acceptors (Lipinski definition) is 3. The average Bonchev–Trinajstić information content (AvgIpc) is 2.36. The first-order valence-corrected chi connectivity index (χ1v) is 8.27. The monoisotopic (exact) mass is 462 g/mol. The van der Waals surface area contributed by atoms with E-state index in [1.54, 1.807) is 7.11 Å². The van der Waals surface area contributed by atoms with Crippen molar-refractivity contribution < 1.29 is 4.74 Å². The lowest BCUT2D eigenvalue weighted by Crippen LogP contribution is -2.04. The third-order valence-corrected chi connectivity index (χ3v) is 4.38. The maximum Gasteiger partial charge on any atom is 0.122 e. The maximum atomic E-state index is 5.26. The molecule has 0 spiro atoms. The van der Waals surface area contributed by atoms with Crippen molar-refractivity contribution in [3.8, 4) is 5.75 Å². The molecule has 1 heterocycles. The first kappa shape index (κ1) is 15.8. The summed E-state index contributed by atoms with van der Waals surface area (Å²) in [5.41, 5.74) is 2.87. The number of ether oxygens (including phenoxy) is 1. The summed E-state index contributed by atoms with van der Waals surface area (Å²) in [5.74, 6) is 0.822. The molecule has 0 saturated heterocycles. The van der Waals surface area contributed by atoms with Crippen molar-refractivity contribution in [2.45, 2.75) is 13.5 Å². The molecule has 2 aromatic rings. The van der Waals surface area contributed by atoms with Gasteiger partial charge in [0.2, 0.25) is 0 Å². The molecule has 1 aromatic carbocycles. The molecule has 0 aliphatic heterocycles. The summed E-state index contributed by atoms with van der Waals surface area (Å²) in [6.07, 6.45) is 0. The molecular formula is C14H13Br3N2O. The smallest absolute Gasteiger partial charge is 0.122 e. The zero-order valence-electron chi connectivity index (χ0n) is 11.0. The number of benzene rings is 1. The Morgan fingerprint density at radius 2 is 1.75 bits per heavy atom. The maximum absolute atomic E-state index is 5.26. The summed E-state index contributed by atoms with van der Waals surface area (Å²) < 4.78 is 8.24. The lowest BCUT2D eigenvalue weighted by atomic mass is 10.2. The Balaban J connectivity index is 2.19. The van der Waals surface area contributed by atoms with Gasteiger partial charge in [-0.15, -0.1) is 0 Å². The third kappa shape index (κ3) is 3.96. The number of halogens is 3. The van der Waals surface area contributed by atoms with Crippen LogP contribution in [-0.4, -0.2) is 12.1 Å². The minimum absolute atomic E-state index is 0.622. The first-order chi connectivity index (χ1) is 9.49. The van der Waals surface area contributed by atoms with Crippen LogP contribution in [0.5, 0.6) is 5.75 Å². The van der Waals surface area contributed by atoms with Crippen LogP contribution in [0.15, 0.2) is 37.7 Å². The largest absolute Gasteiger partial charge is 0.497 e. The predicted molar refractivity (Wildman–Crippen MR) is 92.4 cm³/mol. The van der Waals surface area contributed by atoms with Gasteiger partial charge in [-0.05, 0) is 50.9 Å². The second kappa shape index (κ2) is 6.91. The fraction of sp³-hybridized carbons (Fsp3) is 0.214. The quantitative estimate of drug-likeness (QED) is 0.666. The van der Waals surface area contributed by atoms with Crippen molar-refractivity contribution in [1.29, 1.82) is 0 Å². The summed E-state index contributed by atoms with van der Waals surface area (Å²) in [6, 6.07) is 7.84. The van der Waals surface area contributed by atoms with Crippen LogP contribution in [0.4, 0.5) is 5.69 Å². The number of hydrogen-bond donors (Lipinski definition) is 1. The van der Waals surface area contributed by atoms with Gasteiger partial charge in [0.25, 0.3) is 0 Å². The highest BCUT2D eigenvalue weighted by atomic mass is 79.9. The molecule has 0 aliphatic carbocycles. The number of pyridine rings is 1. The highest BCUT2D eigenvalue weighted by Gasteiger charge is 2.07. The molecule has 1 N–H and O–H groups in total. The Morgan fingerprint density at radius 3 is 2.35 bits per heavy atom. The number of aromatic nitrogens is 1. The fourth-order valence-electron chi connectivity index (χ4n) is 1.80. The Kier molecular flexibility index (Phi) is 5.46. The Bertz CT molecular complexity index is 609. The third-order valence-electron chi connectivity index (χ3n) is 2.67. The van der Waals surface area contributed by atoms with Crippen molar-refractivity contribution >= 4 is 53.5 Å². The van der Waals surface area contributed by atoms with E-state index in [2.05, 4.69) is 58.1 Å². The van der Waals surface area contributed by atoms with E-state index in [9.17, 15) is 0 Å². The summed E-state index contributed by atoms with van der Waals surface area (Å²) >= 11 is 10.5. The molecule has 0 radical (unpaired) electrons. The molecule has 0 atom stereocenters. The van der Waals surface area contributed by atoms with Crippen LogP contribution in [0.2, 0.25) is 0 Å². The SMILES string of the molecule is COc1cc(C)nc(CNc2c(Br)cc(Br)cc2Br)c1. The number of nitrogens with one attached hydrogen (secondary N) is 1. The van der Waals surface area contributed by atoms with Crippen LogP contribution in [0.3, 0.4) is 0 Å². The molecular weight excluding hydrogens is 452 g/mol. The van der Waals surface area contributed by atoms with Crippen LogP contribution >= 0.6 is 47.8 Å². The molecule has 0 saturated carbocycles. The molecule has 2 rings (SSSR count). The van der Waals surface area contributed by atoms with Crippen molar-refractivity contribution in [2.24, 2.45) is 0 Å².